The molecule has 0 saturated heterocycles. The number of anilines is 1. The number of rotatable bonds is 6. The van der Waals surface area contributed by atoms with Crippen molar-refractivity contribution in [3.8, 4) is 0 Å². The van der Waals surface area contributed by atoms with Crippen LogP contribution in [0.25, 0.3) is 5.65 Å². The second-order valence-corrected chi connectivity index (χ2v) is 9.99. The molecule has 0 unspecified atom stereocenters. The van der Waals surface area contributed by atoms with E-state index in [9.17, 15) is 19.8 Å². The average molecular weight is 496 g/mol. The number of aromatic nitrogens is 2. The molecule has 192 valence electrons. The third kappa shape index (κ3) is 4.50. The predicted molar refractivity (Wildman–Crippen MR) is 133 cm³/mol. The van der Waals surface area contributed by atoms with Gasteiger partial charge in [0, 0.05) is 18.7 Å². The second-order valence-electron chi connectivity index (χ2n) is 9.99. The van der Waals surface area contributed by atoms with E-state index >= 15 is 0 Å². The lowest BCUT2D eigenvalue weighted by molar-refractivity contribution is -0.171. The van der Waals surface area contributed by atoms with Crippen LogP contribution in [0.1, 0.15) is 62.4 Å². The van der Waals surface area contributed by atoms with Crippen molar-refractivity contribution < 1.29 is 29.3 Å². The molecule has 9 nitrogen and oxygen atoms in total. The largest absolute Gasteiger partial charge is 0.456 e. The van der Waals surface area contributed by atoms with Crippen molar-refractivity contribution in [1.29, 1.82) is 0 Å². The maximum atomic E-state index is 13.3. The smallest absolute Gasteiger partial charge is 0.311 e. The Morgan fingerprint density at radius 2 is 1.81 bits per heavy atom. The lowest BCUT2D eigenvalue weighted by atomic mass is 9.86. The zero-order valence-electron chi connectivity index (χ0n) is 21.3. The Balaban J connectivity index is 2.03. The van der Waals surface area contributed by atoms with Gasteiger partial charge in [-0.1, -0.05) is 30.3 Å². The Hall–Kier alpha value is -3.27. The van der Waals surface area contributed by atoms with Gasteiger partial charge in [0.05, 0.1) is 42.3 Å². The summed E-state index contributed by atoms with van der Waals surface area (Å²) in [4.78, 5) is 32.8. The third-order valence-electron chi connectivity index (χ3n) is 6.41. The summed E-state index contributed by atoms with van der Waals surface area (Å²) in [6, 6.07) is 10.4. The zero-order valence-corrected chi connectivity index (χ0v) is 21.3. The maximum Gasteiger partial charge on any atom is 0.311 e. The van der Waals surface area contributed by atoms with Crippen LogP contribution in [0.4, 0.5) is 5.69 Å². The summed E-state index contributed by atoms with van der Waals surface area (Å²) in [5.41, 5.74) is 2.84. The van der Waals surface area contributed by atoms with Crippen LogP contribution in [0.15, 0.2) is 42.6 Å². The van der Waals surface area contributed by atoms with Crippen LogP contribution >= 0.6 is 0 Å². The van der Waals surface area contributed by atoms with Gasteiger partial charge in [-0.05, 0) is 39.3 Å². The quantitative estimate of drug-likeness (QED) is 0.505. The average Bonchev–Trinajstić information content (AvgIpc) is 3.17. The Kier molecular flexibility index (Phi) is 7.17. The van der Waals surface area contributed by atoms with Gasteiger partial charge in [-0.15, -0.1) is 0 Å². The number of amides is 1. The first-order valence-corrected chi connectivity index (χ1v) is 12.0. The van der Waals surface area contributed by atoms with Gasteiger partial charge in [-0.2, -0.15) is 0 Å². The number of imidazole rings is 1. The number of carbonyl (C=O) groups is 2. The van der Waals surface area contributed by atoms with Crippen molar-refractivity contribution in [1.82, 2.24) is 9.38 Å². The molecule has 0 spiro atoms. The van der Waals surface area contributed by atoms with Gasteiger partial charge >= 0.3 is 5.97 Å². The number of ether oxygens (including phenoxy) is 2. The van der Waals surface area contributed by atoms with Crippen molar-refractivity contribution in [3.63, 3.8) is 0 Å². The van der Waals surface area contributed by atoms with Gasteiger partial charge in [-0.25, -0.2) is 4.98 Å². The molecule has 0 fully saturated rings. The minimum Gasteiger partial charge on any atom is -0.456 e. The van der Waals surface area contributed by atoms with Crippen LogP contribution in [0.5, 0.6) is 0 Å². The Morgan fingerprint density at radius 3 is 2.39 bits per heavy atom. The Labute approximate surface area is 210 Å². The summed E-state index contributed by atoms with van der Waals surface area (Å²) >= 11 is 0. The molecule has 1 aromatic carbocycles. The lowest BCUT2D eigenvalue weighted by Gasteiger charge is -2.45. The third-order valence-corrected chi connectivity index (χ3v) is 6.41. The molecule has 4 rings (SSSR count). The van der Waals surface area contributed by atoms with Crippen LogP contribution in [0.3, 0.4) is 0 Å². The fourth-order valence-electron chi connectivity index (χ4n) is 4.70. The number of aliphatic hydroxyl groups excluding tert-OH is 2. The molecular formula is C27H33N3O6. The first-order chi connectivity index (χ1) is 17.1. The van der Waals surface area contributed by atoms with E-state index in [4.69, 9.17) is 14.5 Å². The van der Waals surface area contributed by atoms with Gasteiger partial charge in [-0.3, -0.25) is 18.9 Å². The molecule has 0 radical (unpaired) electrons. The van der Waals surface area contributed by atoms with Gasteiger partial charge < -0.3 is 19.7 Å². The molecule has 1 aliphatic heterocycles. The summed E-state index contributed by atoms with van der Waals surface area (Å²) in [6.45, 7) is 8.13. The maximum absolute atomic E-state index is 13.3. The van der Waals surface area contributed by atoms with Crippen LogP contribution in [0.2, 0.25) is 0 Å². The molecule has 3 atom stereocenters. The zero-order chi connectivity index (χ0) is 26.2. The summed E-state index contributed by atoms with van der Waals surface area (Å²) in [5.74, 6) is -0.694. The number of aryl methyl sites for hydroxylation is 1. The van der Waals surface area contributed by atoms with Crippen LogP contribution in [0, 0.1) is 12.3 Å². The van der Waals surface area contributed by atoms with E-state index in [1.807, 2.05) is 30.3 Å². The number of fused-ring (bicyclic) bond motifs is 3. The summed E-state index contributed by atoms with van der Waals surface area (Å²) < 4.78 is 14.0. The fourth-order valence-corrected chi connectivity index (χ4v) is 4.70. The van der Waals surface area contributed by atoms with Crippen LogP contribution in [-0.4, -0.2) is 50.8 Å². The van der Waals surface area contributed by atoms with Gasteiger partial charge in [0.15, 0.2) is 11.8 Å². The highest BCUT2D eigenvalue weighted by Gasteiger charge is 2.48. The number of hydrogen-bond acceptors (Lipinski definition) is 7. The molecular weight excluding hydrogens is 462 g/mol. The van der Waals surface area contributed by atoms with Gasteiger partial charge in [0.2, 0.25) is 5.91 Å². The molecule has 2 N–H and O–H groups in total. The van der Waals surface area contributed by atoms with Crippen LogP contribution < -0.4 is 4.90 Å². The Bertz CT molecular complexity index is 1260. The molecule has 3 aromatic rings. The van der Waals surface area contributed by atoms with Crippen molar-refractivity contribution >= 4 is 23.2 Å². The standard InChI is InChI=1S/C27H33N3O6/c1-16-20(15-32)29-12-11-19-22(25(29)28-16)30(17(2)33)21(18-9-7-6-8-10-18)24(23(19)35-14-13-31)36-26(34)27(3,4)5/h6-12,21,23-24,31-32H,13-15H2,1-5H3/t21-,23-,24-/m1/s1. The molecule has 1 aliphatic rings. The van der Waals surface area contributed by atoms with E-state index in [1.165, 1.54) is 6.92 Å². The predicted octanol–water partition coefficient (Wildman–Crippen LogP) is 3.25. The molecule has 3 heterocycles. The van der Waals surface area contributed by atoms with E-state index in [0.717, 1.165) is 5.56 Å². The van der Waals surface area contributed by atoms with E-state index in [2.05, 4.69) is 0 Å². The summed E-state index contributed by atoms with van der Waals surface area (Å²) in [7, 11) is 0. The fraction of sp³-hybridized carbons (Fsp3) is 0.444. The minimum atomic E-state index is -0.891. The highest BCUT2D eigenvalue weighted by Crippen LogP contribution is 2.49. The monoisotopic (exact) mass is 495 g/mol. The van der Waals surface area contributed by atoms with Crippen LogP contribution in [-0.2, 0) is 25.7 Å². The van der Waals surface area contributed by atoms with Gasteiger partial charge in [0.25, 0.3) is 0 Å². The normalized spacial score (nSPS) is 19.9. The van der Waals surface area contributed by atoms with Crippen molar-refractivity contribution in [2.75, 3.05) is 18.1 Å². The van der Waals surface area contributed by atoms with E-state index in [-0.39, 0.29) is 25.7 Å². The van der Waals surface area contributed by atoms with Crippen molar-refractivity contribution in [2.45, 2.75) is 59.5 Å². The SMILES string of the molecule is CC(=O)N1c2c(ccn3c(CO)c(C)nc23)[C@@H](OCCO)[C@H](OC(=O)C(C)(C)C)[C@H]1c1ccccc1. The molecule has 2 aromatic heterocycles. The number of pyridine rings is 1. The van der Waals surface area contributed by atoms with Crippen molar-refractivity contribution in [2.24, 2.45) is 5.41 Å². The minimum absolute atomic E-state index is 0.00972. The molecule has 1 amide bonds. The topological polar surface area (TPSA) is 114 Å². The molecule has 0 bridgehead atoms. The first kappa shape index (κ1) is 25.8. The lowest BCUT2D eigenvalue weighted by Crippen LogP contribution is -2.50. The number of nitrogens with zero attached hydrogens (tertiary/aromatic N) is 3. The number of esters is 1. The van der Waals surface area contributed by atoms with Crippen molar-refractivity contribution in [3.05, 3.63) is 65.1 Å². The number of benzene rings is 1. The summed E-state index contributed by atoms with van der Waals surface area (Å²) in [6.07, 6.45) is 0.0930. The number of aliphatic hydroxyl groups is 2. The Morgan fingerprint density at radius 1 is 1.11 bits per heavy atom. The van der Waals surface area contributed by atoms with Gasteiger partial charge in [0.1, 0.15) is 12.1 Å². The van der Waals surface area contributed by atoms with E-state index in [1.54, 1.807) is 49.3 Å². The number of hydrogen-bond donors (Lipinski definition) is 2. The highest BCUT2D eigenvalue weighted by molar-refractivity contribution is 5.98. The number of carbonyl (C=O) groups excluding carboxylic acids is 2. The van der Waals surface area contributed by atoms with E-state index < -0.39 is 29.6 Å². The highest BCUT2D eigenvalue weighted by atomic mass is 16.6. The second kappa shape index (κ2) is 10.0. The van der Waals surface area contributed by atoms with E-state index in [0.29, 0.717) is 28.3 Å². The molecule has 0 saturated carbocycles. The molecule has 0 aliphatic carbocycles. The first-order valence-electron chi connectivity index (χ1n) is 12.0. The molecule has 9 heteroatoms. The molecule has 36 heavy (non-hydrogen) atoms. The summed E-state index contributed by atoms with van der Waals surface area (Å²) in [5, 5.41) is 19.5.